The fourth-order valence-corrected chi connectivity index (χ4v) is 2.51. The molecule has 17 heavy (non-hydrogen) atoms. The van der Waals surface area contributed by atoms with Crippen molar-refractivity contribution < 1.29 is 13.9 Å². The topological polar surface area (TPSA) is 20.2 Å². The van der Waals surface area contributed by atoms with Gasteiger partial charge < -0.3 is 5.11 Å². The summed E-state index contributed by atoms with van der Waals surface area (Å²) in [6.07, 6.45) is 0. The lowest BCUT2D eigenvalue weighted by Gasteiger charge is -2.23. The van der Waals surface area contributed by atoms with Crippen molar-refractivity contribution in [2.45, 2.75) is 19.4 Å². The zero-order valence-electron chi connectivity index (χ0n) is 9.50. The number of aryl methyl sites for hydroxylation is 1. The molecule has 1 atom stereocenters. The predicted octanol–water partition coefficient (Wildman–Crippen LogP) is 3.59. The minimum absolute atomic E-state index is 0.0388. The summed E-state index contributed by atoms with van der Waals surface area (Å²) in [6.45, 7) is 2.95. The van der Waals surface area contributed by atoms with Crippen LogP contribution in [0.15, 0.2) is 29.6 Å². The second kappa shape index (κ2) is 4.20. The third kappa shape index (κ3) is 1.98. The maximum absolute atomic E-state index is 13.8. The van der Waals surface area contributed by atoms with E-state index < -0.39 is 17.2 Å². The summed E-state index contributed by atoms with van der Waals surface area (Å²) < 4.78 is 27.3. The van der Waals surface area contributed by atoms with Crippen LogP contribution in [0.2, 0.25) is 0 Å². The van der Waals surface area contributed by atoms with Gasteiger partial charge in [0.1, 0.15) is 5.60 Å². The monoisotopic (exact) mass is 254 g/mol. The molecular formula is C13H12F2OS. The van der Waals surface area contributed by atoms with Crippen molar-refractivity contribution in [3.8, 4) is 0 Å². The molecule has 0 aliphatic heterocycles. The van der Waals surface area contributed by atoms with Crippen LogP contribution in [-0.2, 0) is 5.60 Å². The van der Waals surface area contributed by atoms with Gasteiger partial charge in [0.15, 0.2) is 11.6 Å². The Hall–Kier alpha value is -1.26. The van der Waals surface area contributed by atoms with Gasteiger partial charge in [0.2, 0.25) is 0 Å². The summed E-state index contributed by atoms with van der Waals surface area (Å²) in [5.41, 5.74) is -1.32. The highest BCUT2D eigenvalue weighted by Crippen LogP contribution is 2.34. The third-order valence-electron chi connectivity index (χ3n) is 2.80. The lowest BCUT2D eigenvalue weighted by molar-refractivity contribution is 0.101. The molecule has 0 amide bonds. The minimum atomic E-state index is -1.51. The first kappa shape index (κ1) is 12.2. The molecule has 1 unspecified atom stereocenters. The smallest absolute Gasteiger partial charge is 0.165 e. The van der Waals surface area contributed by atoms with E-state index in [9.17, 15) is 13.9 Å². The molecule has 1 nitrogen and oxygen atoms in total. The van der Waals surface area contributed by atoms with Gasteiger partial charge in [-0.3, -0.25) is 0 Å². The molecule has 2 aromatic rings. The number of hydrogen-bond acceptors (Lipinski definition) is 2. The zero-order chi connectivity index (χ0) is 12.6. The Morgan fingerprint density at radius 2 is 1.88 bits per heavy atom. The molecule has 1 heterocycles. The largest absolute Gasteiger partial charge is 0.380 e. The zero-order valence-corrected chi connectivity index (χ0v) is 10.3. The summed E-state index contributed by atoms with van der Waals surface area (Å²) >= 11 is 1.30. The van der Waals surface area contributed by atoms with Crippen LogP contribution in [0.5, 0.6) is 0 Å². The van der Waals surface area contributed by atoms with Crippen LogP contribution in [0.3, 0.4) is 0 Å². The molecule has 1 N–H and O–H groups in total. The molecule has 0 saturated heterocycles. The van der Waals surface area contributed by atoms with Crippen LogP contribution in [0.25, 0.3) is 0 Å². The first-order chi connectivity index (χ1) is 7.94. The van der Waals surface area contributed by atoms with E-state index in [1.807, 2.05) is 0 Å². The fraction of sp³-hybridized carbons (Fsp3) is 0.231. The molecule has 2 rings (SSSR count). The summed E-state index contributed by atoms with van der Waals surface area (Å²) in [7, 11) is 0. The Bertz CT molecular complexity index is 533. The average molecular weight is 254 g/mol. The molecule has 4 heteroatoms. The van der Waals surface area contributed by atoms with E-state index in [2.05, 4.69) is 0 Å². The lowest BCUT2D eigenvalue weighted by atomic mass is 9.93. The summed E-state index contributed by atoms with van der Waals surface area (Å²) in [6, 6.07) is 6.35. The van der Waals surface area contributed by atoms with Crippen molar-refractivity contribution in [3.63, 3.8) is 0 Å². The van der Waals surface area contributed by atoms with E-state index in [-0.39, 0.29) is 11.1 Å². The number of halogens is 2. The van der Waals surface area contributed by atoms with E-state index in [1.54, 1.807) is 17.5 Å². The molecule has 1 aromatic heterocycles. The van der Waals surface area contributed by atoms with Gasteiger partial charge in [-0.25, -0.2) is 8.78 Å². The molecule has 0 bridgehead atoms. The van der Waals surface area contributed by atoms with Crippen LogP contribution in [0, 0.1) is 18.6 Å². The van der Waals surface area contributed by atoms with Crippen LogP contribution in [-0.4, -0.2) is 5.11 Å². The SMILES string of the molecule is Cc1ccc(C(C)(O)c2cccs2)c(F)c1F. The first-order valence-electron chi connectivity index (χ1n) is 5.16. The molecule has 0 spiro atoms. The molecule has 0 aliphatic carbocycles. The highest BCUT2D eigenvalue weighted by atomic mass is 32.1. The highest BCUT2D eigenvalue weighted by Gasteiger charge is 2.31. The number of aliphatic hydroxyl groups is 1. The van der Waals surface area contributed by atoms with Crippen LogP contribution in [0.4, 0.5) is 8.78 Å². The summed E-state index contributed by atoms with van der Waals surface area (Å²) in [5, 5.41) is 12.1. The summed E-state index contributed by atoms with van der Waals surface area (Å²) in [5.74, 6) is -1.89. The standard InChI is InChI=1S/C13H12F2OS/c1-8-5-6-9(12(15)11(8)14)13(2,16)10-4-3-7-17-10/h3-7,16H,1-2H3. The van der Waals surface area contributed by atoms with Crippen LogP contribution < -0.4 is 0 Å². The first-order valence-corrected chi connectivity index (χ1v) is 6.04. The van der Waals surface area contributed by atoms with Crippen molar-refractivity contribution in [3.05, 3.63) is 57.3 Å². The van der Waals surface area contributed by atoms with Crippen molar-refractivity contribution in [2.24, 2.45) is 0 Å². The molecule has 0 radical (unpaired) electrons. The van der Waals surface area contributed by atoms with Gasteiger partial charge >= 0.3 is 0 Å². The van der Waals surface area contributed by atoms with Gasteiger partial charge in [-0.05, 0) is 30.9 Å². The molecule has 0 fully saturated rings. The van der Waals surface area contributed by atoms with Crippen LogP contribution in [0.1, 0.15) is 22.9 Å². The Labute approximate surface area is 102 Å². The molecule has 0 saturated carbocycles. The normalized spacial score (nSPS) is 14.6. The van der Waals surface area contributed by atoms with Gasteiger partial charge in [-0.2, -0.15) is 0 Å². The Morgan fingerprint density at radius 3 is 2.47 bits per heavy atom. The Morgan fingerprint density at radius 1 is 1.18 bits per heavy atom. The molecule has 0 aliphatic rings. The second-order valence-corrected chi connectivity index (χ2v) is 5.06. The van der Waals surface area contributed by atoms with Gasteiger partial charge in [0.05, 0.1) is 0 Å². The lowest BCUT2D eigenvalue weighted by Crippen LogP contribution is -2.23. The van der Waals surface area contributed by atoms with Crippen molar-refractivity contribution in [1.29, 1.82) is 0 Å². The van der Waals surface area contributed by atoms with Gasteiger partial charge in [-0.15, -0.1) is 11.3 Å². The van der Waals surface area contributed by atoms with Gasteiger partial charge in [-0.1, -0.05) is 18.2 Å². The number of rotatable bonds is 2. The third-order valence-corrected chi connectivity index (χ3v) is 3.88. The van der Waals surface area contributed by atoms with Gasteiger partial charge in [0.25, 0.3) is 0 Å². The molecular weight excluding hydrogens is 242 g/mol. The maximum Gasteiger partial charge on any atom is 0.165 e. The van der Waals surface area contributed by atoms with E-state index in [1.165, 1.54) is 37.3 Å². The number of hydrogen-bond donors (Lipinski definition) is 1. The van der Waals surface area contributed by atoms with Crippen molar-refractivity contribution in [2.75, 3.05) is 0 Å². The van der Waals surface area contributed by atoms with E-state index >= 15 is 0 Å². The van der Waals surface area contributed by atoms with E-state index in [0.717, 1.165) is 0 Å². The number of thiophene rings is 1. The van der Waals surface area contributed by atoms with E-state index in [0.29, 0.717) is 4.88 Å². The fourth-order valence-electron chi connectivity index (χ4n) is 1.71. The molecule has 1 aromatic carbocycles. The number of benzene rings is 1. The Kier molecular flexibility index (Phi) is 3.02. The summed E-state index contributed by atoms with van der Waals surface area (Å²) in [4.78, 5) is 0.583. The van der Waals surface area contributed by atoms with Crippen molar-refractivity contribution >= 4 is 11.3 Å². The van der Waals surface area contributed by atoms with Gasteiger partial charge in [0, 0.05) is 10.4 Å². The Balaban J connectivity index is 2.58. The minimum Gasteiger partial charge on any atom is -0.380 e. The van der Waals surface area contributed by atoms with Crippen molar-refractivity contribution in [1.82, 2.24) is 0 Å². The maximum atomic E-state index is 13.8. The highest BCUT2D eigenvalue weighted by molar-refractivity contribution is 7.10. The average Bonchev–Trinajstić information content (AvgIpc) is 2.79. The molecule has 90 valence electrons. The van der Waals surface area contributed by atoms with Crippen LogP contribution >= 0.6 is 11.3 Å². The quantitative estimate of drug-likeness (QED) is 0.868. The second-order valence-electron chi connectivity index (χ2n) is 4.11. The van der Waals surface area contributed by atoms with E-state index in [4.69, 9.17) is 0 Å². The predicted molar refractivity (Wildman–Crippen MR) is 64.1 cm³/mol.